The van der Waals surface area contributed by atoms with Crippen molar-refractivity contribution in [2.24, 2.45) is 7.05 Å². The zero-order valence-corrected chi connectivity index (χ0v) is 8.86. The lowest BCUT2D eigenvalue weighted by atomic mass is 10.2. The van der Waals surface area contributed by atoms with Crippen LogP contribution in [-0.2, 0) is 7.05 Å². The second-order valence-corrected chi connectivity index (χ2v) is 3.51. The molecule has 0 unspecified atom stereocenters. The van der Waals surface area contributed by atoms with Crippen molar-refractivity contribution in [1.82, 2.24) is 9.78 Å². The molecular formula is C11H14N4. The van der Waals surface area contributed by atoms with Crippen LogP contribution < -0.4 is 11.1 Å². The van der Waals surface area contributed by atoms with Crippen molar-refractivity contribution in [1.29, 1.82) is 0 Å². The number of hydrogen-bond donors (Lipinski definition) is 2. The van der Waals surface area contributed by atoms with Gasteiger partial charge in [0.05, 0.1) is 22.8 Å². The van der Waals surface area contributed by atoms with Crippen LogP contribution in [0.4, 0.5) is 17.1 Å². The molecule has 0 aliphatic rings. The zero-order valence-electron chi connectivity index (χ0n) is 8.86. The average Bonchev–Trinajstić information content (AvgIpc) is 2.49. The van der Waals surface area contributed by atoms with Crippen LogP contribution in [-0.4, -0.2) is 9.78 Å². The van der Waals surface area contributed by atoms with Crippen LogP contribution in [0.2, 0.25) is 0 Å². The van der Waals surface area contributed by atoms with Gasteiger partial charge in [-0.05, 0) is 19.1 Å². The van der Waals surface area contributed by atoms with Crippen LogP contribution in [0.1, 0.15) is 5.69 Å². The summed E-state index contributed by atoms with van der Waals surface area (Å²) in [6.07, 6.45) is 1.93. The first kappa shape index (κ1) is 9.58. The summed E-state index contributed by atoms with van der Waals surface area (Å²) in [6, 6.07) is 7.68. The van der Waals surface area contributed by atoms with Crippen LogP contribution in [0.15, 0.2) is 30.5 Å². The third-order valence-electron chi connectivity index (χ3n) is 2.24. The molecule has 0 saturated heterocycles. The van der Waals surface area contributed by atoms with Crippen molar-refractivity contribution >= 4 is 17.1 Å². The smallest absolute Gasteiger partial charge is 0.0828 e. The standard InChI is InChI=1S/C11H14N4/c1-8-11(7-15(2)14-8)13-10-6-4-3-5-9(10)12/h3-7,13H,12H2,1-2H3. The van der Waals surface area contributed by atoms with E-state index < -0.39 is 0 Å². The molecule has 78 valence electrons. The van der Waals surface area contributed by atoms with E-state index >= 15 is 0 Å². The summed E-state index contributed by atoms with van der Waals surface area (Å²) < 4.78 is 1.77. The van der Waals surface area contributed by atoms with Gasteiger partial charge < -0.3 is 11.1 Å². The lowest BCUT2D eigenvalue weighted by Gasteiger charge is -2.07. The Balaban J connectivity index is 2.29. The lowest BCUT2D eigenvalue weighted by molar-refractivity contribution is 0.756. The minimum absolute atomic E-state index is 0.737. The van der Waals surface area contributed by atoms with Gasteiger partial charge in [-0.25, -0.2) is 0 Å². The number of nitrogens with zero attached hydrogens (tertiary/aromatic N) is 2. The van der Waals surface area contributed by atoms with Gasteiger partial charge in [0.25, 0.3) is 0 Å². The second kappa shape index (κ2) is 3.65. The average molecular weight is 202 g/mol. The molecule has 2 aromatic rings. The Kier molecular flexibility index (Phi) is 2.33. The Morgan fingerprint density at radius 2 is 2.00 bits per heavy atom. The maximum atomic E-state index is 5.84. The van der Waals surface area contributed by atoms with E-state index in [1.54, 1.807) is 4.68 Å². The molecule has 0 aliphatic carbocycles. The van der Waals surface area contributed by atoms with E-state index in [0.29, 0.717) is 0 Å². The van der Waals surface area contributed by atoms with E-state index in [0.717, 1.165) is 22.8 Å². The van der Waals surface area contributed by atoms with Gasteiger partial charge >= 0.3 is 0 Å². The van der Waals surface area contributed by atoms with Gasteiger partial charge in [0.15, 0.2) is 0 Å². The van der Waals surface area contributed by atoms with Gasteiger partial charge in [-0.2, -0.15) is 5.10 Å². The number of nitrogen functional groups attached to an aromatic ring is 1. The summed E-state index contributed by atoms with van der Waals surface area (Å²) in [5.41, 5.74) is 9.42. The Morgan fingerprint density at radius 1 is 1.27 bits per heavy atom. The van der Waals surface area contributed by atoms with Crippen LogP contribution in [0.3, 0.4) is 0 Å². The van der Waals surface area contributed by atoms with Crippen molar-refractivity contribution in [2.45, 2.75) is 6.92 Å². The maximum Gasteiger partial charge on any atom is 0.0828 e. The van der Waals surface area contributed by atoms with Crippen LogP contribution >= 0.6 is 0 Å². The Hall–Kier alpha value is -1.97. The molecule has 15 heavy (non-hydrogen) atoms. The number of benzene rings is 1. The fourth-order valence-corrected chi connectivity index (χ4v) is 1.48. The first-order valence-electron chi connectivity index (χ1n) is 4.78. The number of aryl methyl sites for hydroxylation is 2. The molecule has 0 fully saturated rings. The van der Waals surface area contributed by atoms with E-state index in [-0.39, 0.29) is 0 Å². The highest BCUT2D eigenvalue weighted by molar-refractivity contribution is 5.72. The third kappa shape index (κ3) is 1.93. The van der Waals surface area contributed by atoms with Gasteiger partial charge in [-0.1, -0.05) is 12.1 Å². The summed E-state index contributed by atoms with van der Waals surface area (Å²) in [5.74, 6) is 0. The summed E-state index contributed by atoms with van der Waals surface area (Å²) in [6.45, 7) is 1.96. The third-order valence-corrected chi connectivity index (χ3v) is 2.24. The number of nitrogens with one attached hydrogen (secondary N) is 1. The second-order valence-electron chi connectivity index (χ2n) is 3.51. The molecular weight excluding hydrogens is 188 g/mol. The van der Waals surface area contributed by atoms with Gasteiger partial charge in [0, 0.05) is 13.2 Å². The molecule has 2 rings (SSSR count). The number of aromatic nitrogens is 2. The molecule has 4 nitrogen and oxygen atoms in total. The fourth-order valence-electron chi connectivity index (χ4n) is 1.48. The first-order chi connectivity index (χ1) is 7.16. The fraction of sp³-hybridized carbons (Fsp3) is 0.182. The van der Waals surface area contributed by atoms with Gasteiger partial charge in [0.1, 0.15) is 0 Å². The SMILES string of the molecule is Cc1nn(C)cc1Nc1ccccc1N. The number of anilines is 3. The van der Waals surface area contributed by atoms with Crippen molar-refractivity contribution in [2.75, 3.05) is 11.1 Å². The molecule has 3 N–H and O–H groups in total. The first-order valence-corrected chi connectivity index (χ1v) is 4.78. The molecule has 0 bridgehead atoms. The molecule has 0 spiro atoms. The van der Waals surface area contributed by atoms with Crippen LogP contribution in [0.25, 0.3) is 0 Å². The molecule has 1 aromatic heterocycles. The summed E-state index contributed by atoms with van der Waals surface area (Å²) in [7, 11) is 1.90. The van der Waals surface area contributed by atoms with Gasteiger partial charge in [-0.15, -0.1) is 0 Å². The molecule has 1 aromatic carbocycles. The summed E-state index contributed by atoms with van der Waals surface area (Å²) >= 11 is 0. The highest BCUT2D eigenvalue weighted by Gasteiger charge is 2.04. The largest absolute Gasteiger partial charge is 0.397 e. The monoisotopic (exact) mass is 202 g/mol. The Morgan fingerprint density at radius 3 is 2.60 bits per heavy atom. The van der Waals surface area contributed by atoms with Gasteiger partial charge in [0.2, 0.25) is 0 Å². The minimum Gasteiger partial charge on any atom is -0.397 e. The van der Waals surface area contributed by atoms with Gasteiger partial charge in [-0.3, -0.25) is 4.68 Å². The van der Waals surface area contributed by atoms with Crippen LogP contribution in [0.5, 0.6) is 0 Å². The summed E-state index contributed by atoms with van der Waals surface area (Å²) in [4.78, 5) is 0. The van der Waals surface area contributed by atoms with Crippen molar-refractivity contribution < 1.29 is 0 Å². The molecule has 0 amide bonds. The quantitative estimate of drug-likeness (QED) is 0.733. The molecule has 0 aliphatic heterocycles. The number of rotatable bonds is 2. The Bertz CT molecular complexity index is 473. The van der Waals surface area contributed by atoms with E-state index in [4.69, 9.17) is 5.73 Å². The molecule has 0 radical (unpaired) electrons. The van der Waals surface area contributed by atoms with Crippen molar-refractivity contribution in [3.63, 3.8) is 0 Å². The topological polar surface area (TPSA) is 55.9 Å². The van der Waals surface area contributed by atoms with E-state index in [2.05, 4.69) is 10.4 Å². The van der Waals surface area contributed by atoms with Crippen LogP contribution in [0, 0.1) is 6.92 Å². The van der Waals surface area contributed by atoms with Crippen molar-refractivity contribution in [3.05, 3.63) is 36.2 Å². The summed E-state index contributed by atoms with van der Waals surface area (Å²) in [5, 5.41) is 7.50. The molecule has 0 saturated carbocycles. The van der Waals surface area contributed by atoms with E-state index in [9.17, 15) is 0 Å². The van der Waals surface area contributed by atoms with Crippen molar-refractivity contribution in [3.8, 4) is 0 Å². The molecule has 4 heteroatoms. The minimum atomic E-state index is 0.737. The highest BCUT2D eigenvalue weighted by Crippen LogP contribution is 2.23. The molecule has 1 heterocycles. The number of hydrogen-bond acceptors (Lipinski definition) is 3. The maximum absolute atomic E-state index is 5.84. The van der Waals surface area contributed by atoms with E-state index in [1.807, 2.05) is 44.4 Å². The number of para-hydroxylation sites is 2. The zero-order chi connectivity index (χ0) is 10.8. The highest BCUT2D eigenvalue weighted by atomic mass is 15.3. The predicted octanol–water partition coefficient (Wildman–Crippen LogP) is 2.05. The number of nitrogens with two attached hydrogens (primary N) is 1. The molecule has 0 atom stereocenters. The predicted molar refractivity (Wildman–Crippen MR) is 62.1 cm³/mol. The Labute approximate surface area is 88.7 Å². The van der Waals surface area contributed by atoms with E-state index in [1.165, 1.54) is 0 Å². The lowest BCUT2D eigenvalue weighted by Crippen LogP contribution is -1.95. The normalized spacial score (nSPS) is 10.3.